The standard InChI is InChI=1S/C21H21ClN4O2/c22-18-4-1-15(2-5-18)20(27)16-7-10-25(11-8-16)21(28)17-3-6-19(24-13-17)26-12-9-23-14-26/h1-6,9,12-14,16,20,27H,7-8,10-11H2. The molecule has 28 heavy (non-hydrogen) atoms. The highest BCUT2D eigenvalue weighted by Crippen LogP contribution is 2.31. The Hall–Kier alpha value is -2.70. The molecule has 3 aromatic rings. The zero-order valence-corrected chi connectivity index (χ0v) is 16.0. The summed E-state index contributed by atoms with van der Waals surface area (Å²) in [7, 11) is 0. The summed E-state index contributed by atoms with van der Waals surface area (Å²) in [6, 6.07) is 10.9. The number of imidazole rings is 1. The second kappa shape index (κ2) is 8.12. The van der Waals surface area contributed by atoms with Crippen LogP contribution in [0.4, 0.5) is 0 Å². The minimum atomic E-state index is -0.536. The molecule has 1 atom stereocenters. The van der Waals surface area contributed by atoms with Crippen LogP contribution in [-0.2, 0) is 0 Å². The molecule has 4 rings (SSSR count). The number of carbonyl (C=O) groups is 1. The molecule has 1 N–H and O–H groups in total. The van der Waals surface area contributed by atoms with E-state index in [1.54, 1.807) is 47.7 Å². The van der Waals surface area contributed by atoms with Crippen LogP contribution in [0, 0.1) is 5.92 Å². The summed E-state index contributed by atoms with van der Waals surface area (Å²) in [5.74, 6) is 0.829. The van der Waals surface area contributed by atoms with Crippen molar-refractivity contribution in [3.8, 4) is 5.82 Å². The van der Waals surface area contributed by atoms with Crippen LogP contribution in [0.2, 0.25) is 5.02 Å². The lowest BCUT2D eigenvalue weighted by Crippen LogP contribution is -2.39. The molecule has 1 aliphatic heterocycles. The number of pyridine rings is 1. The van der Waals surface area contributed by atoms with E-state index in [1.807, 2.05) is 23.1 Å². The topological polar surface area (TPSA) is 71.2 Å². The Morgan fingerprint density at radius 2 is 1.89 bits per heavy atom. The number of halogens is 1. The molecule has 0 aliphatic carbocycles. The van der Waals surface area contributed by atoms with Gasteiger partial charge in [0.15, 0.2) is 0 Å². The SMILES string of the molecule is O=C(c1ccc(-n2ccnc2)nc1)N1CCC(C(O)c2ccc(Cl)cc2)CC1. The van der Waals surface area contributed by atoms with E-state index < -0.39 is 6.10 Å². The number of piperidine rings is 1. The van der Waals surface area contributed by atoms with Crippen molar-refractivity contribution in [1.82, 2.24) is 19.4 Å². The zero-order valence-electron chi connectivity index (χ0n) is 15.3. The number of rotatable bonds is 4. The Balaban J connectivity index is 1.36. The third-order valence-corrected chi connectivity index (χ3v) is 5.50. The highest BCUT2D eigenvalue weighted by Gasteiger charge is 2.28. The lowest BCUT2D eigenvalue weighted by molar-refractivity contribution is 0.0462. The number of amides is 1. The molecule has 1 aromatic carbocycles. The highest BCUT2D eigenvalue weighted by molar-refractivity contribution is 6.30. The van der Waals surface area contributed by atoms with Crippen molar-refractivity contribution in [3.63, 3.8) is 0 Å². The maximum absolute atomic E-state index is 12.8. The summed E-state index contributed by atoms with van der Waals surface area (Å²) in [6.45, 7) is 1.24. The van der Waals surface area contributed by atoms with Gasteiger partial charge in [0.1, 0.15) is 12.1 Å². The van der Waals surface area contributed by atoms with Crippen molar-refractivity contribution in [1.29, 1.82) is 0 Å². The highest BCUT2D eigenvalue weighted by atomic mass is 35.5. The number of carbonyl (C=O) groups excluding carboxylic acids is 1. The van der Waals surface area contributed by atoms with Gasteiger partial charge in [-0.1, -0.05) is 23.7 Å². The number of aliphatic hydroxyl groups is 1. The Morgan fingerprint density at radius 1 is 1.14 bits per heavy atom. The van der Waals surface area contributed by atoms with Crippen molar-refractivity contribution in [2.75, 3.05) is 13.1 Å². The van der Waals surface area contributed by atoms with Crippen molar-refractivity contribution < 1.29 is 9.90 Å². The van der Waals surface area contributed by atoms with E-state index in [-0.39, 0.29) is 11.8 Å². The Labute approximate surface area is 168 Å². The van der Waals surface area contributed by atoms with Crippen LogP contribution in [0.5, 0.6) is 0 Å². The molecule has 0 radical (unpaired) electrons. The van der Waals surface area contributed by atoms with E-state index in [4.69, 9.17) is 11.6 Å². The van der Waals surface area contributed by atoms with E-state index in [9.17, 15) is 9.90 Å². The first-order valence-corrected chi connectivity index (χ1v) is 9.67. The van der Waals surface area contributed by atoms with Crippen molar-refractivity contribution >= 4 is 17.5 Å². The molecule has 7 heteroatoms. The fraction of sp³-hybridized carbons (Fsp3) is 0.286. The lowest BCUT2D eigenvalue weighted by atomic mass is 9.87. The third-order valence-electron chi connectivity index (χ3n) is 5.25. The van der Waals surface area contributed by atoms with Crippen LogP contribution in [-0.4, -0.2) is 43.5 Å². The van der Waals surface area contributed by atoms with Gasteiger partial charge < -0.3 is 10.0 Å². The Kier molecular flexibility index (Phi) is 5.41. The molecule has 1 fully saturated rings. The van der Waals surface area contributed by atoms with Gasteiger partial charge in [-0.15, -0.1) is 0 Å². The quantitative estimate of drug-likeness (QED) is 0.732. The molecule has 3 heterocycles. The molecular weight excluding hydrogens is 376 g/mol. The van der Waals surface area contributed by atoms with Crippen LogP contribution >= 0.6 is 11.6 Å². The van der Waals surface area contributed by atoms with Crippen molar-refractivity contribution in [2.45, 2.75) is 18.9 Å². The molecular formula is C21H21ClN4O2. The number of aromatic nitrogens is 3. The summed E-state index contributed by atoms with van der Waals surface area (Å²) in [6.07, 6.45) is 7.74. The average molecular weight is 397 g/mol. The second-order valence-corrected chi connectivity index (χ2v) is 7.44. The first-order chi connectivity index (χ1) is 13.6. The van der Waals surface area contributed by atoms with Crippen LogP contribution in [0.15, 0.2) is 61.3 Å². The van der Waals surface area contributed by atoms with Gasteiger partial charge in [0.2, 0.25) is 0 Å². The van der Waals surface area contributed by atoms with Gasteiger partial charge in [0, 0.05) is 36.7 Å². The van der Waals surface area contributed by atoms with Gasteiger partial charge >= 0.3 is 0 Å². The van der Waals surface area contributed by atoms with Crippen LogP contribution in [0.3, 0.4) is 0 Å². The zero-order chi connectivity index (χ0) is 19.5. The fourth-order valence-corrected chi connectivity index (χ4v) is 3.72. The number of hydrogen-bond acceptors (Lipinski definition) is 4. The third kappa shape index (κ3) is 3.93. The number of nitrogens with zero attached hydrogens (tertiary/aromatic N) is 4. The summed E-state index contributed by atoms with van der Waals surface area (Å²) in [5, 5.41) is 11.3. The number of hydrogen-bond donors (Lipinski definition) is 1. The van der Waals surface area contributed by atoms with Crippen molar-refractivity contribution in [3.05, 3.63) is 77.5 Å². The molecule has 6 nitrogen and oxygen atoms in total. The molecule has 1 amide bonds. The molecule has 144 valence electrons. The lowest BCUT2D eigenvalue weighted by Gasteiger charge is -2.34. The largest absolute Gasteiger partial charge is 0.388 e. The molecule has 0 saturated carbocycles. The summed E-state index contributed by atoms with van der Waals surface area (Å²) in [4.78, 5) is 23.0. The van der Waals surface area contributed by atoms with Crippen LogP contribution in [0.25, 0.3) is 5.82 Å². The molecule has 2 aromatic heterocycles. The molecule has 1 unspecified atom stereocenters. The van der Waals surface area contributed by atoms with Crippen LogP contribution in [0.1, 0.15) is 34.9 Å². The van der Waals surface area contributed by atoms with Crippen molar-refractivity contribution in [2.24, 2.45) is 5.92 Å². The smallest absolute Gasteiger partial charge is 0.255 e. The molecule has 0 bridgehead atoms. The molecule has 1 aliphatic rings. The maximum Gasteiger partial charge on any atom is 0.255 e. The normalized spacial score (nSPS) is 16.1. The van der Waals surface area contributed by atoms with Crippen LogP contribution < -0.4 is 0 Å². The van der Waals surface area contributed by atoms with Gasteiger partial charge in [0.25, 0.3) is 5.91 Å². The number of benzene rings is 1. The Morgan fingerprint density at radius 3 is 2.50 bits per heavy atom. The first-order valence-electron chi connectivity index (χ1n) is 9.29. The number of likely N-dealkylation sites (tertiary alicyclic amines) is 1. The fourth-order valence-electron chi connectivity index (χ4n) is 3.59. The summed E-state index contributed by atoms with van der Waals surface area (Å²) in [5.41, 5.74) is 1.44. The van der Waals surface area contributed by atoms with E-state index in [2.05, 4.69) is 9.97 Å². The predicted octanol–water partition coefficient (Wildman–Crippen LogP) is 3.51. The maximum atomic E-state index is 12.8. The monoisotopic (exact) mass is 396 g/mol. The van der Waals surface area contributed by atoms with Gasteiger partial charge in [0.05, 0.1) is 11.7 Å². The van der Waals surface area contributed by atoms with E-state index in [1.165, 1.54) is 0 Å². The summed E-state index contributed by atoms with van der Waals surface area (Å²) < 4.78 is 1.79. The van der Waals surface area contributed by atoms with E-state index in [0.29, 0.717) is 23.7 Å². The van der Waals surface area contributed by atoms with E-state index >= 15 is 0 Å². The van der Waals surface area contributed by atoms with E-state index in [0.717, 1.165) is 24.2 Å². The first kappa shape index (κ1) is 18.7. The second-order valence-electron chi connectivity index (χ2n) is 7.00. The van der Waals surface area contributed by atoms with Gasteiger partial charge in [-0.3, -0.25) is 9.36 Å². The molecule has 1 saturated heterocycles. The Bertz CT molecular complexity index is 918. The van der Waals surface area contributed by atoms with Gasteiger partial charge in [-0.2, -0.15) is 0 Å². The molecule has 0 spiro atoms. The minimum Gasteiger partial charge on any atom is -0.388 e. The van der Waals surface area contributed by atoms with Gasteiger partial charge in [-0.25, -0.2) is 9.97 Å². The average Bonchev–Trinajstić information content (AvgIpc) is 3.28. The predicted molar refractivity (Wildman–Crippen MR) is 106 cm³/mol. The minimum absolute atomic E-state index is 0.0240. The number of aliphatic hydroxyl groups excluding tert-OH is 1. The summed E-state index contributed by atoms with van der Waals surface area (Å²) >= 11 is 5.92. The van der Waals surface area contributed by atoms with Gasteiger partial charge in [-0.05, 0) is 48.6 Å².